The molecule has 27 heavy (non-hydrogen) atoms. The highest BCUT2D eigenvalue weighted by Crippen LogP contribution is 2.29. The van der Waals surface area contributed by atoms with E-state index in [1.54, 1.807) is 31.4 Å². The molecule has 1 heterocycles. The Labute approximate surface area is 157 Å². The lowest BCUT2D eigenvalue weighted by atomic mass is 10.0. The molecule has 3 aromatic carbocycles. The SMILES string of the molecule is COc1ccc(/C=C/CCN2C(=O)c3ccccc3C2=O)c2ccccc12. The quantitative estimate of drug-likeness (QED) is 0.630. The normalized spacial score (nSPS) is 13.6. The summed E-state index contributed by atoms with van der Waals surface area (Å²) in [5.74, 6) is 0.423. The van der Waals surface area contributed by atoms with Crippen molar-refractivity contribution < 1.29 is 14.3 Å². The van der Waals surface area contributed by atoms with E-state index < -0.39 is 0 Å². The molecule has 1 aliphatic rings. The van der Waals surface area contributed by atoms with Gasteiger partial charge in [0.2, 0.25) is 0 Å². The van der Waals surface area contributed by atoms with Gasteiger partial charge in [0.15, 0.2) is 0 Å². The van der Waals surface area contributed by atoms with Crippen LogP contribution in [0.3, 0.4) is 0 Å². The Morgan fingerprint density at radius 2 is 1.48 bits per heavy atom. The van der Waals surface area contributed by atoms with Gasteiger partial charge in [0, 0.05) is 11.9 Å². The van der Waals surface area contributed by atoms with Crippen LogP contribution in [-0.4, -0.2) is 30.4 Å². The zero-order valence-electron chi connectivity index (χ0n) is 15.0. The highest BCUT2D eigenvalue weighted by Gasteiger charge is 2.34. The summed E-state index contributed by atoms with van der Waals surface area (Å²) in [6.45, 7) is 0.372. The van der Waals surface area contributed by atoms with Gasteiger partial charge in [0.25, 0.3) is 11.8 Å². The van der Waals surface area contributed by atoms with Crippen LogP contribution in [0, 0.1) is 0 Å². The average molecular weight is 357 g/mol. The molecule has 0 saturated carbocycles. The number of ether oxygens (including phenoxy) is 1. The molecule has 1 aliphatic heterocycles. The minimum Gasteiger partial charge on any atom is -0.496 e. The molecule has 0 spiro atoms. The Morgan fingerprint density at radius 3 is 2.15 bits per heavy atom. The number of amides is 2. The smallest absolute Gasteiger partial charge is 0.261 e. The van der Waals surface area contributed by atoms with Crippen molar-refractivity contribution in [2.24, 2.45) is 0 Å². The second kappa shape index (κ2) is 7.08. The lowest BCUT2D eigenvalue weighted by Gasteiger charge is -2.12. The third kappa shape index (κ3) is 2.99. The summed E-state index contributed by atoms with van der Waals surface area (Å²) in [6.07, 6.45) is 4.63. The van der Waals surface area contributed by atoms with Crippen LogP contribution < -0.4 is 4.74 Å². The first-order valence-electron chi connectivity index (χ1n) is 8.88. The Bertz CT molecular complexity index is 1030. The standard InChI is InChI=1S/C23H19NO3/c1-27-21-14-13-16(17-9-2-3-10-18(17)21)8-6-7-15-24-22(25)19-11-4-5-12-20(19)23(24)26/h2-6,8-14H,7,15H2,1H3/b8-6+. The predicted molar refractivity (Wildman–Crippen MR) is 106 cm³/mol. The first kappa shape index (κ1) is 17.0. The maximum atomic E-state index is 12.4. The van der Waals surface area contributed by atoms with E-state index >= 15 is 0 Å². The molecule has 0 bridgehead atoms. The van der Waals surface area contributed by atoms with Gasteiger partial charge >= 0.3 is 0 Å². The zero-order chi connectivity index (χ0) is 18.8. The average Bonchev–Trinajstić information content (AvgIpc) is 2.96. The summed E-state index contributed by atoms with van der Waals surface area (Å²) in [5.41, 5.74) is 2.06. The van der Waals surface area contributed by atoms with E-state index in [9.17, 15) is 9.59 Å². The van der Waals surface area contributed by atoms with Gasteiger partial charge < -0.3 is 4.74 Å². The van der Waals surface area contributed by atoms with Crippen molar-refractivity contribution in [3.8, 4) is 5.75 Å². The van der Waals surface area contributed by atoms with Crippen molar-refractivity contribution in [3.63, 3.8) is 0 Å². The van der Waals surface area contributed by atoms with Crippen molar-refractivity contribution in [2.45, 2.75) is 6.42 Å². The van der Waals surface area contributed by atoms with Crippen LogP contribution in [-0.2, 0) is 0 Å². The number of hydrogen-bond donors (Lipinski definition) is 0. The molecule has 4 rings (SSSR count). The lowest BCUT2D eigenvalue weighted by molar-refractivity contribution is 0.0657. The number of nitrogens with zero attached hydrogens (tertiary/aromatic N) is 1. The summed E-state index contributed by atoms with van der Waals surface area (Å²) in [4.78, 5) is 26.1. The second-order valence-corrected chi connectivity index (χ2v) is 6.40. The molecule has 0 fully saturated rings. The molecule has 3 aromatic rings. The van der Waals surface area contributed by atoms with Crippen LogP contribution in [0.15, 0.2) is 66.7 Å². The Morgan fingerprint density at radius 1 is 0.852 bits per heavy atom. The highest BCUT2D eigenvalue weighted by atomic mass is 16.5. The maximum absolute atomic E-state index is 12.4. The van der Waals surface area contributed by atoms with Crippen LogP contribution in [0.2, 0.25) is 0 Å². The van der Waals surface area contributed by atoms with E-state index in [0.29, 0.717) is 24.1 Å². The molecular weight excluding hydrogens is 338 g/mol. The fourth-order valence-electron chi connectivity index (χ4n) is 3.47. The number of hydrogen-bond acceptors (Lipinski definition) is 3. The molecule has 0 N–H and O–H groups in total. The number of carbonyl (C=O) groups excluding carboxylic acids is 2. The van der Waals surface area contributed by atoms with Gasteiger partial charge in [-0.15, -0.1) is 0 Å². The molecule has 4 nitrogen and oxygen atoms in total. The van der Waals surface area contributed by atoms with Crippen molar-refractivity contribution in [2.75, 3.05) is 13.7 Å². The molecule has 0 aromatic heterocycles. The minimum atomic E-state index is -0.209. The van der Waals surface area contributed by atoms with E-state index in [1.165, 1.54) is 4.90 Å². The van der Waals surface area contributed by atoms with E-state index in [0.717, 1.165) is 22.1 Å². The first-order chi connectivity index (χ1) is 13.2. The first-order valence-corrected chi connectivity index (χ1v) is 8.88. The number of rotatable bonds is 5. The minimum absolute atomic E-state index is 0.209. The van der Waals surface area contributed by atoms with Gasteiger partial charge in [0.1, 0.15) is 5.75 Å². The van der Waals surface area contributed by atoms with Gasteiger partial charge in [-0.05, 0) is 35.6 Å². The van der Waals surface area contributed by atoms with Crippen LogP contribution >= 0.6 is 0 Å². The van der Waals surface area contributed by atoms with E-state index in [2.05, 4.69) is 6.07 Å². The third-order valence-electron chi connectivity index (χ3n) is 4.83. The molecule has 0 unspecified atom stereocenters. The van der Waals surface area contributed by atoms with Crippen LogP contribution in [0.5, 0.6) is 5.75 Å². The van der Waals surface area contributed by atoms with Crippen molar-refractivity contribution >= 4 is 28.7 Å². The third-order valence-corrected chi connectivity index (χ3v) is 4.83. The summed E-state index contributed by atoms with van der Waals surface area (Å²) in [7, 11) is 1.67. The van der Waals surface area contributed by atoms with Gasteiger partial charge in [-0.3, -0.25) is 14.5 Å². The molecule has 0 saturated heterocycles. The fourth-order valence-corrected chi connectivity index (χ4v) is 3.47. The number of methoxy groups -OCH3 is 1. The molecule has 0 radical (unpaired) electrons. The number of carbonyl (C=O) groups is 2. The molecule has 4 heteroatoms. The molecule has 0 aliphatic carbocycles. The fraction of sp³-hybridized carbons (Fsp3) is 0.130. The monoisotopic (exact) mass is 357 g/mol. The van der Waals surface area contributed by atoms with E-state index in [4.69, 9.17) is 4.74 Å². The van der Waals surface area contributed by atoms with Crippen LogP contribution in [0.1, 0.15) is 32.7 Å². The van der Waals surface area contributed by atoms with Crippen molar-refractivity contribution in [1.29, 1.82) is 0 Å². The molecule has 134 valence electrons. The Kier molecular flexibility index (Phi) is 4.47. The largest absolute Gasteiger partial charge is 0.496 e. The lowest BCUT2D eigenvalue weighted by Crippen LogP contribution is -2.30. The molecule has 0 atom stereocenters. The van der Waals surface area contributed by atoms with Crippen LogP contribution in [0.4, 0.5) is 0 Å². The van der Waals surface area contributed by atoms with Crippen molar-refractivity contribution in [1.82, 2.24) is 4.90 Å². The van der Waals surface area contributed by atoms with E-state index in [1.807, 2.05) is 42.5 Å². The summed E-state index contributed by atoms with van der Waals surface area (Å²) in [6, 6.07) is 19.0. The number of benzene rings is 3. The Hall–Kier alpha value is -3.40. The Balaban J connectivity index is 1.49. The van der Waals surface area contributed by atoms with E-state index in [-0.39, 0.29) is 11.8 Å². The van der Waals surface area contributed by atoms with Gasteiger partial charge in [-0.25, -0.2) is 0 Å². The number of fused-ring (bicyclic) bond motifs is 2. The zero-order valence-corrected chi connectivity index (χ0v) is 15.0. The highest BCUT2D eigenvalue weighted by molar-refractivity contribution is 6.21. The van der Waals surface area contributed by atoms with Gasteiger partial charge in [-0.1, -0.05) is 54.6 Å². The predicted octanol–water partition coefficient (Wildman–Crippen LogP) is 4.55. The van der Waals surface area contributed by atoms with Crippen LogP contribution in [0.25, 0.3) is 16.8 Å². The number of imide groups is 1. The second-order valence-electron chi connectivity index (χ2n) is 6.40. The summed E-state index contributed by atoms with van der Waals surface area (Å²) < 4.78 is 5.42. The van der Waals surface area contributed by atoms with Gasteiger partial charge in [0.05, 0.1) is 18.2 Å². The summed E-state index contributed by atoms with van der Waals surface area (Å²) >= 11 is 0. The molecular formula is C23H19NO3. The van der Waals surface area contributed by atoms with Crippen molar-refractivity contribution in [3.05, 3.63) is 83.4 Å². The molecule has 2 amide bonds. The summed E-state index contributed by atoms with van der Waals surface area (Å²) in [5, 5.41) is 2.16. The van der Waals surface area contributed by atoms with Gasteiger partial charge in [-0.2, -0.15) is 0 Å². The maximum Gasteiger partial charge on any atom is 0.261 e. The topological polar surface area (TPSA) is 46.6 Å².